The minimum Gasteiger partial charge on any atom is -0.338 e. The van der Waals surface area contributed by atoms with Gasteiger partial charge in [-0.2, -0.15) is 4.98 Å². The van der Waals surface area contributed by atoms with Crippen molar-refractivity contribution in [3.63, 3.8) is 0 Å². The van der Waals surface area contributed by atoms with Crippen LogP contribution in [0.1, 0.15) is 43.6 Å². The summed E-state index contributed by atoms with van der Waals surface area (Å²) in [4.78, 5) is 4.34. The molecular weight excluding hydrogens is 297 g/mol. The van der Waals surface area contributed by atoms with Gasteiger partial charge in [-0.1, -0.05) is 54.7 Å². The fourth-order valence-electron chi connectivity index (χ4n) is 1.83. The Hall–Kier alpha value is -1.10. The van der Waals surface area contributed by atoms with Crippen LogP contribution >= 0.6 is 23.2 Å². The second kappa shape index (κ2) is 6.57. The lowest BCUT2D eigenvalue weighted by Crippen LogP contribution is -2.18. The van der Waals surface area contributed by atoms with Crippen molar-refractivity contribution >= 4 is 23.2 Å². The fraction of sp³-hybridized carbons (Fsp3) is 0.429. The van der Waals surface area contributed by atoms with E-state index >= 15 is 0 Å². The van der Waals surface area contributed by atoms with Crippen molar-refractivity contribution in [2.75, 3.05) is 0 Å². The maximum Gasteiger partial charge on any atom is 0.243 e. The van der Waals surface area contributed by atoms with E-state index in [1.54, 1.807) is 18.2 Å². The summed E-state index contributed by atoms with van der Waals surface area (Å²) in [6.45, 7) is 4.13. The Morgan fingerprint density at radius 3 is 2.55 bits per heavy atom. The number of nitrogens with two attached hydrogens (primary N) is 1. The molecule has 0 aliphatic carbocycles. The molecule has 1 aromatic heterocycles. The van der Waals surface area contributed by atoms with Gasteiger partial charge in [0.15, 0.2) is 5.82 Å². The van der Waals surface area contributed by atoms with Crippen LogP contribution in [0.15, 0.2) is 22.7 Å². The van der Waals surface area contributed by atoms with Gasteiger partial charge in [0.25, 0.3) is 0 Å². The number of halogens is 2. The molecule has 4 nitrogen and oxygen atoms in total. The number of benzene rings is 1. The molecule has 1 aromatic carbocycles. The predicted octanol–water partition coefficient (Wildman–Crippen LogP) is 4.01. The highest BCUT2D eigenvalue weighted by Gasteiger charge is 2.20. The maximum atomic E-state index is 6.13. The number of nitrogens with zero attached hydrogens (tertiary/aromatic N) is 2. The summed E-state index contributed by atoms with van der Waals surface area (Å²) in [7, 11) is 0. The molecule has 6 heteroatoms. The monoisotopic (exact) mass is 313 g/mol. The van der Waals surface area contributed by atoms with Crippen LogP contribution in [0.3, 0.4) is 0 Å². The normalized spacial score (nSPS) is 14.2. The Morgan fingerprint density at radius 1 is 1.30 bits per heavy atom. The highest BCUT2D eigenvalue weighted by atomic mass is 35.5. The largest absolute Gasteiger partial charge is 0.338 e. The van der Waals surface area contributed by atoms with Gasteiger partial charge in [0, 0.05) is 16.5 Å². The van der Waals surface area contributed by atoms with Gasteiger partial charge in [-0.25, -0.2) is 0 Å². The molecule has 2 N–H and O–H groups in total. The molecule has 0 saturated carbocycles. The summed E-state index contributed by atoms with van der Waals surface area (Å²) in [6, 6.07) is 5.13. The quantitative estimate of drug-likeness (QED) is 0.905. The van der Waals surface area contributed by atoms with E-state index in [0.29, 0.717) is 28.2 Å². The Bertz CT molecular complexity index is 565. The van der Waals surface area contributed by atoms with E-state index in [1.165, 1.54) is 0 Å². The zero-order valence-electron chi connectivity index (χ0n) is 11.4. The Morgan fingerprint density at radius 2 is 1.95 bits per heavy atom. The number of hydrogen-bond donors (Lipinski definition) is 1. The standard InChI is InChI=1S/C14H17Cl2N3O/c1-3-8(2)13(17)14-18-12(19-20-14)7-9-10(15)5-4-6-11(9)16/h4-6,8,13H,3,7,17H2,1-2H3/t8-,13-/m0/s1. The second-order valence-corrected chi connectivity index (χ2v) is 5.65. The molecule has 108 valence electrons. The molecule has 0 fully saturated rings. The lowest BCUT2D eigenvalue weighted by atomic mass is 10.0. The summed E-state index contributed by atoms with van der Waals surface area (Å²) in [5.74, 6) is 1.28. The third kappa shape index (κ3) is 3.32. The van der Waals surface area contributed by atoms with Crippen molar-refractivity contribution in [3.8, 4) is 0 Å². The van der Waals surface area contributed by atoms with E-state index in [9.17, 15) is 0 Å². The first kappa shape index (κ1) is 15.3. The van der Waals surface area contributed by atoms with Crippen molar-refractivity contribution in [2.24, 2.45) is 11.7 Å². The fourth-order valence-corrected chi connectivity index (χ4v) is 2.36. The van der Waals surface area contributed by atoms with Crippen molar-refractivity contribution in [1.82, 2.24) is 10.1 Å². The first-order valence-electron chi connectivity index (χ1n) is 6.53. The number of rotatable bonds is 5. The molecule has 2 aromatic rings. The lowest BCUT2D eigenvalue weighted by molar-refractivity contribution is 0.310. The summed E-state index contributed by atoms with van der Waals surface area (Å²) < 4.78 is 5.23. The van der Waals surface area contributed by atoms with E-state index in [0.717, 1.165) is 12.0 Å². The molecule has 1 heterocycles. The van der Waals surface area contributed by atoms with Gasteiger partial charge in [0.2, 0.25) is 5.89 Å². The molecule has 0 aliphatic heterocycles. The van der Waals surface area contributed by atoms with Crippen molar-refractivity contribution in [2.45, 2.75) is 32.7 Å². The van der Waals surface area contributed by atoms with Gasteiger partial charge in [0.1, 0.15) is 0 Å². The van der Waals surface area contributed by atoms with E-state index in [4.69, 9.17) is 33.5 Å². The molecular formula is C14H17Cl2N3O. The number of hydrogen-bond acceptors (Lipinski definition) is 4. The van der Waals surface area contributed by atoms with Gasteiger partial charge < -0.3 is 10.3 Å². The summed E-state index contributed by atoms with van der Waals surface area (Å²) in [5, 5.41) is 5.13. The highest BCUT2D eigenvalue weighted by molar-refractivity contribution is 6.36. The highest BCUT2D eigenvalue weighted by Crippen LogP contribution is 2.27. The predicted molar refractivity (Wildman–Crippen MR) is 79.9 cm³/mol. The molecule has 2 rings (SSSR count). The average molecular weight is 314 g/mol. The Labute approximate surface area is 128 Å². The van der Waals surface area contributed by atoms with Crippen molar-refractivity contribution in [3.05, 3.63) is 45.5 Å². The average Bonchev–Trinajstić information content (AvgIpc) is 2.90. The van der Waals surface area contributed by atoms with Gasteiger partial charge in [-0.3, -0.25) is 0 Å². The van der Waals surface area contributed by atoms with Crippen molar-refractivity contribution < 1.29 is 4.52 Å². The van der Waals surface area contributed by atoms with E-state index in [-0.39, 0.29) is 12.0 Å². The summed E-state index contributed by atoms with van der Waals surface area (Å²) >= 11 is 12.3. The molecule has 0 saturated heterocycles. The second-order valence-electron chi connectivity index (χ2n) is 4.84. The smallest absolute Gasteiger partial charge is 0.243 e. The van der Waals surface area contributed by atoms with Gasteiger partial charge >= 0.3 is 0 Å². The minimum atomic E-state index is -0.247. The van der Waals surface area contributed by atoms with Crippen molar-refractivity contribution in [1.29, 1.82) is 0 Å². The summed E-state index contributed by atoms with van der Waals surface area (Å²) in [6.07, 6.45) is 1.38. The third-order valence-electron chi connectivity index (χ3n) is 3.42. The van der Waals surface area contributed by atoms with Crippen LogP contribution in [0.5, 0.6) is 0 Å². The van der Waals surface area contributed by atoms with Crippen LogP contribution in [-0.4, -0.2) is 10.1 Å². The van der Waals surface area contributed by atoms with E-state index in [1.807, 2.05) is 0 Å². The lowest BCUT2D eigenvalue weighted by Gasteiger charge is -2.13. The zero-order chi connectivity index (χ0) is 14.7. The third-order valence-corrected chi connectivity index (χ3v) is 4.13. The Kier molecular flexibility index (Phi) is 5.02. The maximum absolute atomic E-state index is 6.13. The molecule has 20 heavy (non-hydrogen) atoms. The van der Waals surface area contributed by atoms with Crippen LogP contribution < -0.4 is 5.73 Å². The molecule has 0 spiro atoms. The molecule has 0 aliphatic rings. The van der Waals surface area contributed by atoms with Gasteiger partial charge in [-0.15, -0.1) is 0 Å². The SMILES string of the molecule is CC[C@H](C)[C@H](N)c1nc(Cc2c(Cl)cccc2Cl)no1. The number of aromatic nitrogens is 2. The zero-order valence-corrected chi connectivity index (χ0v) is 12.9. The van der Waals surface area contributed by atoms with Crippen LogP contribution in [0.2, 0.25) is 10.0 Å². The van der Waals surface area contributed by atoms with E-state index in [2.05, 4.69) is 24.0 Å². The van der Waals surface area contributed by atoms with Crippen LogP contribution in [0, 0.1) is 5.92 Å². The first-order valence-corrected chi connectivity index (χ1v) is 7.29. The molecule has 0 bridgehead atoms. The Balaban J connectivity index is 2.18. The molecule has 2 atom stereocenters. The summed E-state index contributed by atoms with van der Waals surface area (Å²) in [5.41, 5.74) is 6.86. The van der Waals surface area contributed by atoms with Gasteiger partial charge in [0.05, 0.1) is 6.04 Å². The molecule has 0 amide bonds. The van der Waals surface area contributed by atoms with Crippen LogP contribution in [0.4, 0.5) is 0 Å². The molecule has 0 unspecified atom stereocenters. The molecule has 0 radical (unpaired) electrons. The topological polar surface area (TPSA) is 64.9 Å². The van der Waals surface area contributed by atoms with Crippen LogP contribution in [-0.2, 0) is 6.42 Å². The van der Waals surface area contributed by atoms with E-state index < -0.39 is 0 Å². The minimum absolute atomic E-state index is 0.247. The first-order chi connectivity index (χ1) is 9.52. The van der Waals surface area contributed by atoms with Gasteiger partial charge in [-0.05, 0) is 23.6 Å². The van der Waals surface area contributed by atoms with Crippen LogP contribution in [0.25, 0.3) is 0 Å².